The number of nitrogens with zero attached hydrogens (tertiary/aromatic N) is 3. The summed E-state index contributed by atoms with van der Waals surface area (Å²) in [7, 11) is -4.12. The van der Waals surface area contributed by atoms with E-state index in [9.17, 15) is 31.2 Å². The molecule has 1 fully saturated rings. The quantitative estimate of drug-likeness (QED) is 0.785. The predicted molar refractivity (Wildman–Crippen MR) is 91.6 cm³/mol. The van der Waals surface area contributed by atoms with Crippen LogP contribution in [0.3, 0.4) is 0 Å². The van der Waals surface area contributed by atoms with Gasteiger partial charge in [0.05, 0.1) is 10.5 Å². The molecule has 1 saturated heterocycles. The molecule has 0 spiro atoms. The number of hydrogen-bond acceptors (Lipinski definition) is 5. The van der Waals surface area contributed by atoms with Crippen molar-refractivity contribution < 1.29 is 31.2 Å². The highest BCUT2D eigenvalue weighted by Crippen LogP contribution is 2.31. The van der Waals surface area contributed by atoms with E-state index in [0.29, 0.717) is 6.07 Å². The fourth-order valence-electron chi connectivity index (χ4n) is 2.92. The smallest absolute Gasteiger partial charge is 0.335 e. The summed E-state index contributed by atoms with van der Waals surface area (Å²) >= 11 is 0. The minimum Gasteiger partial charge on any atom is -0.335 e. The Hall–Kier alpha value is -2.47. The number of benzene rings is 1. The van der Waals surface area contributed by atoms with Gasteiger partial charge >= 0.3 is 6.18 Å². The highest BCUT2D eigenvalue weighted by molar-refractivity contribution is 7.89. The van der Waals surface area contributed by atoms with Crippen molar-refractivity contribution in [2.24, 2.45) is 5.10 Å². The third-order valence-electron chi connectivity index (χ3n) is 4.48. The first-order valence-corrected chi connectivity index (χ1v) is 9.85. The Balaban J connectivity index is 1.69. The zero-order chi connectivity index (χ0) is 20.5. The molecule has 1 aromatic rings. The maximum atomic E-state index is 12.8. The number of rotatable bonds is 3. The van der Waals surface area contributed by atoms with Crippen molar-refractivity contribution in [2.75, 3.05) is 26.2 Å². The molecule has 0 aliphatic carbocycles. The SMILES string of the molecule is O=C1CCC(C(=O)N2CCN(S(=O)(=O)c3cccc(C(F)(F)F)c3)CC2)=NN1. The number of nitrogens with one attached hydrogen (secondary N) is 1. The van der Waals surface area contributed by atoms with Gasteiger partial charge in [0.15, 0.2) is 0 Å². The molecule has 2 heterocycles. The molecule has 2 amide bonds. The Morgan fingerprint density at radius 1 is 1.11 bits per heavy atom. The molecular formula is C16H17F3N4O4S. The number of sulfonamides is 1. The molecule has 3 rings (SSSR count). The first-order chi connectivity index (χ1) is 13.1. The lowest BCUT2D eigenvalue weighted by Crippen LogP contribution is -2.52. The molecule has 0 aromatic heterocycles. The van der Waals surface area contributed by atoms with Crippen molar-refractivity contribution in [2.45, 2.75) is 23.9 Å². The molecule has 0 radical (unpaired) electrons. The number of carbonyl (C=O) groups excluding carboxylic acids is 2. The average Bonchev–Trinajstić information content (AvgIpc) is 2.67. The van der Waals surface area contributed by atoms with Gasteiger partial charge in [-0.1, -0.05) is 6.07 Å². The Bertz CT molecular complexity index is 922. The molecule has 28 heavy (non-hydrogen) atoms. The minimum absolute atomic E-state index is 0.0516. The predicted octanol–water partition coefficient (Wildman–Crippen LogP) is 0.804. The van der Waals surface area contributed by atoms with Crippen LogP contribution in [-0.4, -0.2) is 61.3 Å². The zero-order valence-corrected chi connectivity index (χ0v) is 15.4. The number of alkyl halides is 3. The number of hydrazone groups is 1. The summed E-state index contributed by atoms with van der Waals surface area (Å²) < 4.78 is 64.9. The third-order valence-corrected chi connectivity index (χ3v) is 6.37. The number of piperazine rings is 1. The van der Waals surface area contributed by atoms with Crippen molar-refractivity contribution in [3.8, 4) is 0 Å². The van der Waals surface area contributed by atoms with Crippen LogP contribution in [0.1, 0.15) is 18.4 Å². The first-order valence-electron chi connectivity index (χ1n) is 8.41. The first kappa shape index (κ1) is 20.3. The Morgan fingerprint density at radius 3 is 2.36 bits per heavy atom. The second-order valence-corrected chi connectivity index (χ2v) is 8.25. The number of amides is 2. The lowest BCUT2D eigenvalue weighted by molar-refractivity contribution is -0.137. The summed E-state index contributed by atoms with van der Waals surface area (Å²) in [6.45, 7) is 0.0436. The molecule has 2 aliphatic heterocycles. The van der Waals surface area contributed by atoms with E-state index in [1.54, 1.807) is 0 Å². The van der Waals surface area contributed by atoms with Crippen molar-refractivity contribution in [1.29, 1.82) is 0 Å². The van der Waals surface area contributed by atoms with E-state index in [2.05, 4.69) is 10.5 Å². The monoisotopic (exact) mass is 418 g/mol. The molecule has 1 aromatic carbocycles. The van der Waals surface area contributed by atoms with Crippen molar-refractivity contribution >= 4 is 27.5 Å². The summed E-state index contributed by atoms with van der Waals surface area (Å²) in [5.74, 6) is -0.676. The highest BCUT2D eigenvalue weighted by atomic mass is 32.2. The molecule has 0 unspecified atom stereocenters. The fourth-order valence-corrected chi connectivity index (χ4v) is 4.39. The van der Waals surface area contributed by atoms with E-state index in [1.165, 1.54) is 4.90 Å². The molecule has 0 bridgehead atoms. The average molecular weight is 418 g/mol. The van der Waals surface area contributed by atoms with Crippen LogP contribution in [0.2, 0.25) is 0 Å². The van der Waals surface area contributed by atoms with E-state index in [0.717, 1.165) is 22.5 Å². The maximum Gasteiger partial charge on any atom is 0.416 e. The van der Waals surface area contributed by atoms with E-state index in [-0.39, 0.29) is 50.6 Å². The fraction of sp³-hybridized carbons (Fsp3) is 0.438. The van der Waals surface area contributed by atoms with Crippen LogP contribution in [0, 0.1) is 0 Å². The zero-order valence-electron chi connectivity index (χ0n) is 14.6. The lowest BCUT2D eigenvalue weighted by atomic mass is 10.1. The highest BCUT2D eigenvalue weighted by Gasteiger charge is 2.35. The standard InChI is InChI=1S/C16H17F3N4O4S/c17-16(18,19)11-2-1-3-12(10-11)28(26,27)23-8-6-22(7-9-23)15(25)13-4-5-14(24)21-20-13/h1-3,10H,4-9H2,(H,21,24). The van der Waals surface area contributed by atoms with Gasteiger partial charge < -0.3 is 4.90 Å². The van der Waals surface area contributed by atoms with Gasteiger partial charge in [-0.2, -0.15) is 22.6 Å². The van der Waals surface area contributed by atoms with E-state index < -0.39 is 32.6 Å². The van der Waals surface area contributed by atoms with Gasteiger partial charge in [0, 0.05) is 39.0 Å². The summed E-state index contributed by atoms with van der Waals surface area (Å²) in [5, 5.41) is 3.72. The second-order valence-electron chi connectivity index (χ2n) is 6.32. The summed E-state index contributed by atoms with van der Waals surface area (Å²) in [6, 6.07) is 3.57. The Labute approximate surface area is 159 Å². The topological polar surface area (TPSA) is 99.2 Å². The molecule has 8 nitrogen and oxygen atoms in total. The van der Waals surface area contributed by atoms with Gasteiger partial charge in [-0.3, -0.25) is 9.59 Å². The van der Waals surface area contributed by atoms with Crippen LogP contribution in [0.15, 0.2) is 34.3 Å². The Morgan fingerprint density at radius 2 is 1.79 bits per heavy atom. The van der Waals surface area contributed by atoms with E-state index in [1.807, 2.05) is 0 Å². The van der Waals surface area contributed by atoms with Crippen LogP contribution < -0.4 is 5.43 Å². The van der Waals surface area contributed by atoms with Gasteiger partial charge in [-0.15, -0.1) is 0 Å². The van der Waals surface area contributed by atoms with Crippen molar-refractivity contribution in [1.82, 2.24) is 14.6 Å². The second kappa shape index (κ2) is 7.51. The van der Waals surface area contributed by atoms with Gasteiger partial charge in [0.25, 0.3) is 5.91 Å². The van der Waals surface area contributed by atoms with E-state index in [4.69, 9.17) is 0 Å². The summed E-state index contributed by atoms with van der Waals surface area (Å²) in [6.07, 6.45) is -4.30. The Kier molecular flexibility index (Phi) is 5.44. The molecule has 1 N–H and O–H groups in total. The summed E-state index contributed by atoms with van der Waals surface area (Å²) in [5.41, 5.74) is 1.37. The normalized spacial score (nSPS) is 19.2. The molecule has 12 heteroatoms. The lowest BCUT2D eigenvalue weighted by Gasteiger charge is -2.34. The van der Waals surface area contributed by atoms with Crippen LogP contribution in [-0.2, 0) is 25.8 Å². The number of halogens is 3. The molecule has 2 aliphatic rings. The number of carbonyl (C=O) groups is 2. The van der Waals surface area contributed by atoms with Gasteiger partial charge in [-0.25, -0.2) is 13.8 Å². The summed E-state index contributed by atoms with van der Waals surface area (Å²) in [4.78, 5) is 24.5. The number of hydrogen-bond donors (Lipinski definition) is 1. The molecule has 152 valence electrons. The largest absolute Gasteiger partial charge is 0.416 e. The van der Waals surface area contributed by atoms with Crippen LogP contribution >= 0.6 is 0 Å². The molecule has 0 atom stereocenters. The van der Waals surface area contributed by atoms with Gasteiger partial charge in [0.2, 0.25) is 15.9 Å². The minimum atomic E-state index is -4.65. The van der Waals surface area contributed by atoms with Gasteiger partial charge in [0.1, 0.15) is 5.71 Å². The maximum absolute atomic E-state index is 12.8. The van der Waals surface area contributed by atoms with Crippen molar-refractivity contribution in [3.63, 3.8) is 0 Å². The van der Waals surface area contributed by atoms with E-state index >= 15 is 0 Å². The van der Waals surface area contributed by atoms with Crippen LogP contribution in [0.5, 0.6) is 0 Å². The van der Waals surface area contributed by atoms with Crippen molar-refractivity contribution in [3.05, 3.63) is 29.8 Å². The molecule has 0 saturated carbocycles. The van der Waals surface area contributed by atoms with Crippen LogP contribution in [0.4, 0.5) is 13.2 Å². The van der Waals surface area contributed by atoms with Gasteiger partial charge in [-0.05, 0) is 18.2 Å². The van der Waals surface area contributed by atoms with Crippen LogP contribution in [0.25, 0.3) is 0 Å². The third kappa shape index (κ3) is 4.17. The molecular weight excluding hydrogens is 401 g/mol.